The lowest BCUT2D eigenvalue weighted by Crippen LogP contribution is -2.41. The molecule has 2 aromatic heterocycles. The van der Waals surface area contributed by atoms with Crippen molar-refractivity contribution in [3.05, 3.63) is 41.0 Å². The summed E-state index contributed by atoms with van der Waals surface area (Å²) in [5.74, 6) is -1.78. The molecule has 2 aromatic rings. The van der Waals surface area contributed by atoms with Gasteiger partial charge in [0, 0.05) is 34.4 Å². The van der Waals surface area contributed by atoms with Crippen LogP contribution in [0.3, 0.4) is 0 Å². The van der Waals surface area contributed by atoms with Gasteiger partial charge in [0.05, 0.1) is 28.8 Å². The van der Waals surface area contributed by atoms with Crippen molar-refractivity contribution in [1.82, 2.24) is 14.9 Å². The van der Waals surface area contributed by atoms with E-state index < -0.39 is 5.97 Å². The molecule has 2 fully saturated rings. The fraction of sp³-hybridized carbons (Fsp3) is 0.417. The number of nitriles is 1. The number of pyridine rings is 2. The number of fused-ring (bicyclic) bond motifs is 2. The van der Waals surface area contributed by atoms with Gasteiger partial charge in [-0.3, -0.25) is 19.5 Å². The van der Waals surface area contributed by atoms with Crippen LogP contribution < -0.4 is 0 Å². The van der Waals surface area contributed by atoms with E-state index >= 15 is 0 Å². The number of imide groups is 1. The van der Waals surface area contributed by atoms with Gasteiger partial charge in [-0.05, 0) is 30.0 Å². The average molecular weight is 463 g/mol. The maximum atomic E-state index is 12.8. The van der Waals surface area contributed by atoms with Gasteiger partial charge in [0.2, 0.25) is 11.8 Å². The number of carbonyl (C=O) groups excluding carboxylic acids is 2. The summed E-state index contributed by atoms with van der Waals surface area (Å²) in [6, 6.07) is 5.23. The molecule has 4 unspecified atom stereocenters. The lowest BCUT2D eigenvalue weighted by atomic mass is 9.95. The van der Waals surface area contributed by atoms with E-state index in [2.05, 4.69) is 9.97 Å². The Labute approximate surface area is 195 Å². The second-order valence-electron chi connectivity index (χ2n) is 9.51. The van der Waals surface area contributed by atoms with Crippen molar-refractivity contribution >= 4 is 29.5 Å². The van der Waals surface area contributed by atoms with Crippen LogP contribution in [0.4, 0.5) is 0 Å². The molecule has 4 atom stereocenters. The first kappa shape index (κ1) is 21.6. The molecule has 0 aromatic carbocycles. The maximum Gasteiger partial charge on any atom is 0.338 e. The molecule has 168 valence electrons. The number of rotatable bonds is 4. The monoisotopic (exact) mass is 462 g/mol. The van der Waals surface area contributed by atoms with Crippen LogP contribution in [-0.4, -0.2) is 49.6 Å². The van der Waals surface area contributed by atoms with Gasteiger partial charge in [0.25, 0.3) is 0 Å². The van der Waals surface area contributed by atoms with Crippen molar-refractivity contribution in [2.45, 2.75) is 43.8 Å². The molecule has 9 heteroatoms. The molecule has 1 aliphatic carbocycles. The summed E-state index contributed by atoms with van der Waals surface area (Å²) in [6.45, 7) is 7.80. The van der Waals surface area contributed by atoms with E-state index in [9.17, 15) is 24.8 Å². The Morgan fingerprint density at radius 2 is 1.94 bits per heavy atom. The minimum Gasteiger partial charge on any atom is -0.478 e. The zero-order valence-electron chi connectivity index (χ0n) is 18.6. The van der Waals surface area contributed by atoms with Gasteiger partial charge in [0.1, 0.15) is 11.8 Å². The van der Waals surface area contributed by atoms with E-state index in [4.69, 9.17) is 0 Å². The molecule has 2 aliphatic heterocycles. The molecule has 2 amide bonds. The molecule has 1 N–H and O–H groups in total. The van der Waals surface area contributed by atoms with Crippen LogP contribution in [-0.2, 0) is 9.59 Å². The number of hydrogen-bond donors (Lipinski definition) is 1. The zero-order chi connectivity index (χ0) is 23.8. The number of hydrogen-bond acceptors (Lipinski definition) is 7. The largest absolute Gasteiger partial charge is 0.478 e. The number of thioether (sulfide) groups is 1. The Morgan fingerprint density at radius 3 is 2.55 bits per heavy atom. The lowest BCUT2D eigenvalue weighted by Gasteiger charge is -2.25. The van der Waals surface area contributed by atoms with E-state index in [-0.39, 0.29) is 57.2 Å². The quantitative estimate of drug-likeness (QED) is 0.687. The molecule has 1 saturated carbocycles. The molecule has 1 saturated heterocycles. The highest BCUT2D eigenvalue weighted by Gasteiger charge is 2.72. The van der Waals surface area contributed by atoms with Crippen LogP contribution in [0.25, 0.3) is 11.1 Å². The van der Waals surface area contributed by atoms with Crippen molar-refractivity contribution < 1.29 is 19.5 Å². The molecule has 4 heterocycles. The fourth-order valence-corrected chi connectivity index (χ4v) is 6.85. The van der Waals surface area contributed by atoms with Crippen molar-refractivity contribution in [1.29, 1.82) is 5.26 Å². The summed E-state index contributed by atoms with van der Waals surface area (Å²) in [4.78, 5) is 48.5. The number of aryl methyl sites for hydroxylation is 1. The van der Waals surface area contributed by atoms with Crippen molar-refractivity contribution in [3.63, 3.8) is 0 Å². The minimum atomic E-state index is -1.12. The van der Waals surface area contributed by atoms with E-state index in [1.165, 1.54) is 22.7 Å². The maximum absolute atomic E-state index is 12.8. The smallest absolute Gasteiger partial charge is 0.338 e. The van der Waals surface area contributed by atoms with Crippen LogP contribution >= 0.6 is 11.8 Å². The van der Waals surface area contributed by atoms with Crippen LogP contribution in [0.2, 0.25) is 0 Å². The summed E-state index contributed by atoms with van der Waals surface area (Å²) < 4.78 is 0. The third kappa shape index (κ3) is 3.00. The van der Waals surface area contributed by atoms with Crippen LogP contribution in [0.5, 0.6) is 0 Å². The van der Waals surface area contributed by atoms with Crippen molar-refractivity contribution in [2.24, 2.45) is 17.3 Å². The number of carboxylic acids is 1. The van der Waals surface area contributed by atoms with Gasteiger partial charge in [-0.1, -0.05) is 20.8 Å². The fourth-order valence-electron chi connectivity index (χ4n) is 5.33. The predicted octanol–water partition coefficient (Wildman–Crippen LogP) is 3.24. The Kier molecular flexibility index (Phi) is 4.66. The number of nitrogens with zero attached hydrogens (tertiary/aromatic N) is 4. The SMILES string of the molecule is Cc1nc(C#N)cc(-c2ccnc3c2SC(CN2C(=O)C4C(C2=O)C4(C)C)C3C)c1C(=O)O. The lowest BCUT2D eigenvalue weighted by molar-refractivity contribution is -0.143. The molecular formula is C24H22N4O4S. The van der Waals surface area contributed by atoms with Crippen LogP contribution in [0.1, 0.15) is 54.1 Å². The normalized spacial score (nSPS) is 26.7. The van der Waals surface area contributed by atoms with Gasteiger partial charge < -0.3 is 5.11 Å². The summed E-state index contributed by atoms with van der Waals surface area (Å²) in [7, 11) is 0. The Bertz CT molecular complexity index is 1270. The summed E-state index contributed by atoms with van der Waals surface area (Å²) in [5.41, 5.74) is 2.10. The molecule has 0 spiro atoms. The van der Waals surface area contributed by atoms with Gasteiger partial charge >= 0.3 is 5.97 Å². The number of amides is 2. The molecule has 8 nitrogen and oxygen atoms in total. The zero-order valence-corrected chi connectivity index (χ0v) is 19.4. The van der Waals surface area contributed by atoms with Crippen LogP contribution in [0.15, 0.2) is 23.2 Å². The average Bonchev–Trinajstić information content (AvgIpc) is 3.04. The van der Waals surface area contributed by atoms with Gasteiger partial charge in [-0.2, -0.15) is 5.26 Å². The number of piperidine rings is 1. The molecular weight excluding hydrogens is 440 g/mol. The number of carbonyl (C=O) groups is 3. The summed E-state index contributed by atoms with van der Waals surface area (Å²) in [6.07, 6.45) is 1.63. The molecule has 0 bridgehead atoms. The predicted molar refractivity (Wildman–Crippen MR) is 119 cm³/mol. The highest BCUT2D eigenvalue weighted by Crippen LogP contribution is 2.63. The second kappa shape index (κ2) is 7.12. The standard InChI is InChI=1S/C24H22N4O4S/c1-10-15(9-28-21(29)17-18(22(28)30)24(17,3)4)33-20-13(5-6-26-19(10)20)14-7-12(8-25)27-11(2)16(14)23(31)32/h5-7,10,15,17-18H,9H2,1-4H3,(H,31,32). The van der Waals surface area contributed by atoms with Gasteiger partial charge in [0.15, 0.2) is 0 Å². The highest BCUT2D eigenvalue weighted by molar-refractivity contribution is 8.00. The van der Waals surface area contributed by atoms with Crippen molar-refractivity contribution in [2.75, 3.05) is 6.54 Å². The third-order valence-electron chi connectivity index (χ3n) is 7.26. The molecule has 33 heavy (non-hydrogen) atoms. The number of aromatic carboxylic acids is 1. The number of aromatic nitrogens is 2. The minimum absolute atomic E-state index is 0.0397. The number of carboxylic acid groups (broad SMARTS) is 1. The Morgan fingerprint density at radius 1 is 1.27 bits per heavy atom. The van der Waals surface area contributed by atoms with E-state index in [0.717, 1.165) is 10.6 Å². The second-order valence-corrected chi connectivity index (χ2v) is 10.8. The van der Waals surface area contributed by atoms with Crippen molar-refractivity contribution in [3.8, 4) is 17.2 Å². The van der Waals surface area contributed by atoms with Crippen LogP contribution in [0, 0.1) is 35.5 Å². The molecule has 0 radical (unpaired) electrons. The first-order chi connectivity index (χ1) is 15.6. The molecule has 5 rings (SSSR count). The van der Waals surface area contributed by atoms with E-state index in [1.54, 1.807) is 19.2 Å². The van der Waals surface area contributed by atoms with Gasteiger partial charge in [-0.25, -0.2) is 9.78 Å². The first-order valence-electron chi connectivity index (χ1n) is 10.7. The molecule has 3 aliphatic rings. The number of likely N-dealkylation sites (tertiary alicyclic amines) is 1. The van der Waals surface area contributed by atoms with Gasteiger partial charge in [-0.15, -0.1) is 11.8 Å². The topological polar surface area (TPSA) is 124 Å². The first-order valence-corrected chi connectivity index (χ1v) is 11.6. The Balaban J connectivity index is 1.50. The highest BCUT2D eigenvalue weighted by atomic mass is 32.2. The summed E-state index contributed by atoms with van der Waals surface area (Å²) in [5, 5.41) is 19.1. The van der Waals surface area contributed by atoms with E-state index in [0.29, 0.717) is 17.7 Å². The third-order valence-corrected chi connectivity index (χ3v) is 8.79. The Hall–Kier alpha value is -3.25. The van der Waals surface area contributed by atoms with E-state index in [1.807, 2.05) is 26.8 Å². The summed E-state index contributed by atoms with van der Waals surface area (Å²) >= 11 is 1.51.